The predicted octanol–water partition coefficient (Wildman–Crippen LogP) is 0.960. The Labute approximate surface area is 76.3 Å². The van der Waals surface area contributed by atoms with Crippen molar-refractivity contribution in [2.24, 2.45) is 5.84 Å². The van der Waals surface area contributed by atoms with Crippen molar-refractivity contribution in [3.63, 3.8) is 0 Å². The average Bonchev–Trinajstić information content (AvgIpc) is 2.14. The van der Waals surface area contributed by atoms with Crippen molar-refractivity contribution in [1.82, 2.24) is 10.3 Å². The number of nitrogens with zero attached hydrogens (tertiary/aromatic N) is 1. The fourth-order valence-electron chi connectivity index (χ4n) is 1.27. The van der Waals surface area contributed by atoms with Crippen molar-refractivity contribution in [3.05, 3.63) is 0 Å². The van der Waals surface area contributed by atoms with Gasteiger partial charge in [0.25, 0.3) is 0 Å². The molecule has 1 aliphatic heterocycles. The third kappa shape index (κ3) is 3.52. The van der Waals surface area contributed by atoms with E-state index in [4.69, 9.17) is 5.84 Å². The Morgan fingerprint density at radius 1 is 1.25 bits per heavy atom. The first-order valence-corrected chi connectivity index (χ1v) is 4.85. The summed E-state index contributed by atoms with van der Waals surface area (Å²) in [4.78, 5) is 0. The molecule has 1 saturated heterocycles. The maximum atomic E-state index is 5.62. The molecule has 0 aromatic rings. The second-order valence-corrected chi connectivity index (χ2v) is 3.35. The highest BCUT2D eigenvalue weighted by atomic mass is 15.4. The number of nitrogens with one attached hydrogen (secondary N) is 1. The Bertz CT molecular complexity index is 106. The summed E-state index contributed by atoms with van der Waals surface area (Å²) in [6.45, 7) is 8.27. The summed E-state index contributed by atoms with van der Waals surface area (Å²) >= 11 is 0. The van der Waals surface area contributed by atoms with E-state index in [9.17, 15) is 0 Å². The van der Waals surface area contributed by atoms with Crippen molar-refractivity contribution in [2.45, 2.75) is 39.2 Å². The fraction of sp³-hybridized carbons (Fsp3) is 1.00. The van der Waals surface area contributed by atoms with Gasteiger partial charge in [0, 0.05) is 18.6 Å². The van der Waals surface area contributed by atoms with Gasteiger partial charge in [-0.25, -0.2) is 5.01 Å². The molecule has 0 radical (unpaired) electrons. The number of nitrogens with two attached hydrogens (primary N) is 1. The SMILES string of the molecule is CC.CNC1(C)CCN(N)CC1. The monoisotopic (exact) mass is 173 g/mol. The van der Waals surface area contributed by atoms with Crippen molar-refractivity contribution >= 4 is 0 Å². The Morgan fingerprint density at radius 3 is 2.00 bits per heavy atom. The molecule has 1 fully saturated rings. The lowest BCUT2D eigenvalue weighted by molar-refractivity contribution is 0.154. The van der Waals surface area contributed by atoms with Crippen molar-refractivity contribution in [1.29, 1.82) is 0 Å². The molecule has 0 saturated carbocycles. The van der Waals surface area contributed by atoms with E-state index in [-0.39, 0.29) is 0 Å². The van der Waals surface area contributed by atoms with Gasteiger partial charge in [-0.1, -0.05) is 13.8 Å². The molecule has 3 heteroatoms. The number of hydrazine groups is 1. The zero-order chi connectivity index (χ0) is 9.61. The van der Waals surface area contributed by atoms with Crippen LogP contribution < -0.4 is 11.2 Å². The van der Waals surface area contributed by atoms with E-state index in [1.54, 1.807) is 0 Å². The minimum atomic E-state index is 0.329. The minimum absolute atomic E-state index is 0.329. The molecule has 1 heterocycles. The summed E-state index contributed by atoms with van der Waals surface area (Å²) in [7, 11) is 2.02. The molecule has 12 heavy (non-hydrogen) atoms. The summed E-state index contributed by atoms with van der Waals surface area (Å²) in [5, 5.41) is 5.21. The number of hydrogen-bond acceptors (Lipinski definition) is 3. The Balaban J connectivity index is 0.000000561. The van der Waals surface area contributed by atoms with E-state index in [0.29, 0.717) is 5.54 Å². The van der Waals surface area contributed by atoms with E-state index in [1.165, 1.54) is 0 Å². The van der Waals surface area contributed by atoms with Crippen LogP contribution in [0.1, 0.15) is 33.6 Å². The summed E-state index contributed by atoms with van der Waals surface area (Å²) in [5.41, 5.74) is 0.329. The highest BCUT2D eigenvalue weighted by Crippen LogP contribution is 2.18. The number of rotatable bonds is 1. The molecule has 0 aromatic heterocycles. The van der Waals surface area contributed by atoms with E-state index in [2.05, 4.69) is 12.2 Å². The summed E-state index contributed by atoms with van der Waals surface area (Å²) in [6, 6.07) is 0. The fourth-order valence-corrected chi connectivity index (χ4v) is 1.27. The number of hydrogen-bond donors (Lipinski definition) is 2. The third-order valence-corrected chi connectivity index (χ3v) is 2.51. The van der Waals surface area contributed by atoms with Crippen LogP contribution in [0.25, 0.3) is 0 Å². The van der Waals surface area contributed by atoms with Crippen LogP contribution in [-0.2, 0) is 0 Å². The Morgan fingerprint density at radius 2 is 1.67 bits per heavy atom. The highest BCUT2D eigenvalue weighted by Gasteiger charge is 2.26. The van der Waals surface area contributed by atoms with Crippen LogP contribution in [0.15, 0.2) is 0 Å². The van der Waals surface area contributed by atoms with Gasteiger partial charge < -0.3 is 5.32 Å². The highest BCUT2D eigenvalue weighted by molar-refractivity contribution is 4.86. The van der Waals surface area contributed by atoms with Gasteiger partial charge in [-0.05, 0) is 26.8 Å². The zero-order valence-electron chi connectivity index (χ0n) is 8.85. The van der Waals surface area contributed by atoms with Gasteiger partial charge in [-0.2, -0.15) is 0 Å². The van der Waals surface area contributed by atoms with Gasteiger partial charge in [0.05, 0.1) is 0 Å². The van der Waals surface area contributed by atoms with Gasteiger partial charge in [0.2, 0.25) is 0 Å². The standard InChI is InChI=1S/C7H17N3.C2H6/c1-7(9-2)3-5-10(8)6-4-7;1-2/h9H,3-6,8H2,1-2H3;1-2H3. The molecular weight excluding hydrogens is 150 g/mol. The molecule has 0 atom stereocenters. The predicted molar refractivity (Wildman–Crippen MR) is 53.8 cm³/mol. The minimum Gasteiger partial charge on any atom is -0.314 e. The maximum Gasteiger partial charge on any atom is 0.0175 e. The Kier molecular flexibility index (Phi) is 5.46. The average molecular weight is 173 g/mol. The molecule has 0 aromatic carbocycles. The molecule has 3 N–H and O–H groups in total. The largest absolute Gasteiger partial charge is 0.314 e. The molecule has 0 unspecified atom stereocenters. The summed E-state index contributed by atoms with van der Waals surface area (Å²) in [6.07, 6.45) is 2.31. The van der Waals surface area contributed by atoms with Crippen LogP contribution in [-0.4, -0.2) is 30.7 Å². The van der Waals surface area contributed by atoms with Gasteiger partial charge in [0.15, 0.2) is 0 Å². The van der Waals surface area contributed by atoms with E-state index in [1.807, 2.05) is 25.9 Å². The molecular formula is C9H23N3. The van der Waals surface area contributed by atoms with Gasteiger partial charge in [-0.15, -0.1) is 0 Å². The molecule has 0 aliphatic carbocycles. The lowest BCUT2D eigenvalue weighted by Crippen LogP contribution is -2.51. The third-order valence-electron chi connectivity index (χ3n) is 2.51. The first-order chi connectivity index (χ1) is 5.66. The van der Waals surface area contributed by atoms with Crippen LogP contribution >= 0.6 is 0 Å². The lowest BCUT2D eigenvalue weighted by atomic mass is 9.91. The van der Waals surface area contributed by atoms with Crippen LogP contribution in [0.5, 0.6) is 0 Å². The normalized spacial score (nSPS) is 22.8. The zero-order valence-corrected chi connectivity index (χ0v) is 8.85. The number of piperidine rings is 1. The molecule has 0 bridgehead atoms. The van der Waals surface area contributed by atoms with Gasteiger partial charge in [0.1, 0.15) is 0 Å². The van der Waals surface area contributed by atoms with Gasteiger partial charge in [-0.3, -0.25) is 5.84 Å². The topological polar surface area (TPSA) is 41.3 Å². The Hall–Kier alpha value is -0.120. The molecule has 0 amide bonds. The molecule has 1 aliphatic rings. The summed E-state index contributed by atoms with van der Waals surface area (Å²) < 4.78 is 0. The second kappa shape index (κ2) is 5.51. The van der Waals surface area contributed by atoms with Crippen molar-refractivity contribution in [2.75, 3.05) is 20.1 Å². The molecule has 3 nitrogen and oxygen atoms in total. The smallest absolute Gasteiger partial charge is 0.0175 e. The maximum absolute atomic E-state index is 5.62. The first-order valence-electron chi connectivity index (χ1n) is 4.85. The lowest BCUT2D eigenvalue weighted by Gasteiger charge is -2.37. The van der Waals surface area contributed by atoms with Crippen LogP contribution in [0.2, 0.25) is 0 Å². The quantitative estimate of drug-likeness (QED) is 0.580. The van der Waals surface area contributed by atoms with Crippen molar-refractivity contribution in [3.8, 4) is 0 Å². The second-order valence-electron chi connectivity index (χ2n) is 3.35. The molecule has 74 valence electrons. The van der Waals surface area contributed by atoms with Crippen LogP contribution in [0.4, 0.5) is 0 Å². The van der Waals surface area contributed by atoms with E-state index in [0.717, 1.165) is 25.9 Å². The first kappa shape index (κ1) is 11.9. The summed E-state index contributed by atoms with van der Waals surface area (Å²) in [5.74, 6) is 5.62. The molecule has 1 rings (SSSR count). The molecule has 0 spiro atoms. The van der Waals surface area contributed by atoms with Gasteiger partial charge >= 0.3 is 0 Å². The van der Waals surface area contributed by atoms with Crippen LogP contribution in [0, 0.1) is 0 Å². The van der Waals surface area contributed by atoms with E-state index >= 15 is 0 Å². The van der Waals surface area contributed by atoms with Crippen molar-refractivity contribution < 1.29 is 0 Å². The van der Waals surface area contributed by atoms with E-state index < -0.39 is 0 Å². The van der Waals surface area contributed by atoms with Crippen LogP contribution in [0.3, 0.4) is 0 Å².